The molecule has 2 fully saturated rings. The molecule has 11 nitrogen and oxygen atoms in total. The Kier molecular flexibility index (Phi) is 8.86. The minimum Gasteiger partial charge on any atom is -0.493 e. The summed E-state index contributed by atoms with van der Waals surface area (Å²) in [6.07, 6.45) is 4.80. The van der Waals surface area contributed by atoms with Crippen LogP contribution < -0.4 is 10.1 Å². The molecule has 4 heterocycles. The molecule has 224 valence electrons. The lowest BCUT2D eigenvalue weighted by atomic mass is 9.85. The molecule has 41 heavy (non-hydrogen) atoms. The summed E-state index contributed by atoms with van der Waals surface area (Å²) in [6.45, 7) is 7.96. The van der Waals surface area contributed by atoms with Crippen molar-refractivity contribution in [2.24, 2.45) is 5.41 Å². The van der Waals surface area contributed by atoms with Crippen molar-refractivity contribution in [3.05, 3.63) is 41.5 Å². The van der Waals surface area contributed by atoms with Crippen molar-refractivity contribution in [1.29, 1.82) is 0 Å². The van der Waals surface area contributed by atoms with Gasteiger partial charge in [-0.05, 0) is 36.3 Å². The van der Waals surface area contributed by atoms with E-state index in [4.69, 9.17) is 23.7 Å². The molecule has 0 radical (unpaired) electrons. The van der Waals surface area contributed by atoms with E-state index in [9.17, 15) is 14.4 Å². The molecule has 2 amide bonds. The van der Waals surface area contributed by atoms with E-state index < -0.39 is 42.0 Å². The molecule has 2 saturated heterocycles. The molecule has 0 aliphatic carbocycles. The van der Waals surface area contributed by atoms with Gasteiger partial charge < -0.3 is 33.9 Å². The standard InChI is InChI=1S/C30H41N3O8/c1-30(2,3)24-25(34)33-17-20(15-22(33)27(35)37-4)40-28-26(41-28)32-16-19-11-10-12-23(21(19)18-32)38-13-8-6-5-7-9-14-39-29(36)31-24/h5-6,10-12,20,22,24,26,28H,7-9,13-18H2,1-4H3,(H,31,36)/b6-5+/t20-,22?,24-,26?,28?/m1/s1. The summed E-state index contributed by atoms with van der Waals surface area (Å²) in [5.41, 5.74) is 1.73. The van der Waals surface area contributed by atoms with Crippen LogP contribution >= 0.6 is 0 Å². The van der Waals surface area contributed by atoms with Crippen LogP contribution in [0.25, 0.3) is 0 Å². The quantitative estimate of drug-likeness (QED) is 0.308. The van der Waals surface area contributed by atoms with Crippen LogP contribution in [0, 0.1) is 5.41 Å². The number of esters is 1. The van der Waals surface area contributed by atoms with E-state index >= 15 is 0 Å². The normalized spacial score (nSPS) is 31.8. The average molecular weight is 572 g/mol. The van der Waals surface area contributed by atoms with Gasteiger partial charge in [0.15, 0.2) is 12.5 Å². The highest BCUT2D eigenvalue weighted by molar-refractivity contribution is 5.91. The van der Waals surface area contributed by atoms with Crippen molar-refractivity contribution in [2.45, 2.75) is 90.2 Å². The molecular formula is C30H41N3O8. The number of hydrogen-bond donors (Lipinski definition) is 1. The number of epoxide rings is 1. The van der Waals surface area contributed by atoms with Gasteiger partial charge in [-0.1, -0.05) is 45.1 Å². The number of nitrogens with zero attached hydrogens (tertiary/aromatic N) is 2. The van der Waals surface area contributed by atoms with Crippen molar-refractivity contribution < 1.29 is 38.1 Å². The fourth-order valence-electron chi connectivity index (χ4n) is 5.68. The number of amides is 2. The van der Waals surface area contributed by atoms with Crippen LogP contribution in [0.1, 0.15) is 57.6 Å². The predicted octanol–water partition coefficient (Wildman–Crippen LogP) is 3.10. The maximum Gasteiger partial charge on any atom is 0.407 e. The smallest absolute Gasteiger partial charge is 0.407 e. The molecule has 1 aromatic rings. The second kappa shape index (κ2) is 12.4. The predicted molar refractivity (Wildman–Crippen MR) is 148 cm³/mol. The zero-order chi connectivity index (χ0) is 29.1. The van der Waals surface area contributed by atoms with Crippen molar-refractivity contribution in [1.82, 2.24) is 15.1 Å². The second-order valence-electron chi connectivity index (χ2n) is 12.0. The number of fused-ring (bicyclic) bond motifs is 5. The summed E-state index contributed by atoms with van der Waals surface area (Å²) in [6, 6.07) is 4.38. The van der Waals surface area contributed by atoms with Crippen LogP contribution in [0.15, 0.2) is 30.4 Å². The largest absolute Gasteiger partial charge is 0.493 e. The fraction of sp³-hybridized carbons (Fsp3) is 0.633. The first-order valence-corrected chi connectivity index (χ1v) is 14.4. The lowest BCUT2D eigenvalue weighted by Crippen LogP contribution is -2.57. The molecule has 4 aliphatic heterocycles. The summed E-state index contributed by atoms with van der Waals surface area (Å²) in [7, 11) is 1.30. The number of nitrogens with one attached hydrogen (secondary N) is 1. The molecule has 0 saturated carbocycles. The SMILES string of the molecule is COC(=O)C1C[C@@H]2CN1C(=O)[C@H](C(C)(C)C)NC(=O)OCCC/C=C/CCOc1cccc3c1CN(C3)C1OC1O2. The van der Waals surface area contributed by atoms with Crippen LogP contribution in [0.3, 0.4) is 0 Å². The van der Waals surface area contributed by atoms with Crippen LogP contribution in [0.4, 0.5) is 4.79 Å². The summed E-state index contributed by atoms with van der Waals surface area (Å²) < 4.78 is 28.7. The third-order valence-corrected chi connectivity index (χ3v) is 7.93. The van der Waals surface area contributed by atoms with E-state index in [0.29, 0.717) is 19.6 Å². The maximum atomic E-state index is 13.8. The van der Waals surface area contributed by atoms with Gasteiger partial charge in [-0.25, -0.2) is 9.59 Å². The molecule has 11 heteroatoms. The number of carbonyl (C=O) groups excluding carboxylic acids is 3. The highest BCUT2D eigenvalue weighted by atomic mass is 16.8. The van der Waals surface area contributed by atoms with Crippen LogP contribution in [0.2, 0.25) is 0 Å². The van der Waals surface area contributed by atoms with Crippen LogP contribution in [-0.4, -0.2) is 85.3 Å². The third-order valence-electron chi connectivity index (χ3n) is 7.93. The molecule has 0 aromatic heterocycles. The van der Waals surface area contributed by atoms with Gasteiger partial charge in [0.25, 0.3) is 0 Å². The zero-order valence-corrected chi connectivity index (χ0v) is 24.3. The lowest BCUT2D eigenvalue weighted by Gasteiger charge is -2.34. The number of ether oxygens (including phenoxy) is 5. The number of allylic oxidation sites excluding steroid dienone is 1. The first kappa shape index (κ1) is 29.3. The number of carbonyl (C=O) groups is 3. The highest BCUT2D eigenvalue weighted by Crippen LogP contribution is 2.39. The minimum atomic E-state index is -0.912. The molecule has 5 rings (SSSR count). The average Bonchev–Trinajstić information content (AvgIpc) is 3.35. The second-order valence-corrected chi connectivity index (χ2v) is 12.0. The van der Waals surface area contributed by atoms with Gasteiger partial charge in [-0.2, -0.15) is 0 Å². The highest BCUT2D eigenvalue weighted by Gasteiger charge is 2.52. The van der Waals surface area contributed by atoms with Gasteiger partial charge in [-0.15, -0.1) is 0 Å². The summed E-state index contributed by atoms with van der Waals surface area (Å²) in [5.74, 6) is -0.0216. The third kappa shape index (κ3) is 6.85. The Morgan fingerprint density at radius 1 is 1.05 bits per heavy atom. The maximum absolute atomic E-state index is 13.8. The zero-order valence-electron chi connectivity index (χ0n) is 24.3. The minimum absolute atomic E-state index is 0.180. The summed E-state index contributed by atoms with van der Waals surface area (Å²) in [5, 5.41) is 2.74. The van der Waals surface area contributed by atoms with E-state index in [0.717, 1.165) is 30.7 Å². The molecule has 4 unspecified atom stereocenters. The first-order valence-electron chi connectivity index (χ1n) is 14.4. The topological polar surface area (TPSA) is 119 Å². The number of benzene rings is 1. The van der Waals surface area contributed by atoms with Gasteiger partial charge in [0.2, 0.25) is 5.91 Å². The van der Waals surface area contributed by atoms with Crippen molar-refractivity contribution in [2.75, 3.05) is 26.9 Å². The Morgan fingerprint density at radius 3 is 2.63 bits per heavy atom. The molecule has 4 aliphatic rings. The van der Waals surface area contributed by atoms with Crippen molar-refractivity contribution in [3.63, 3.8) is 0 Å². The van der Waals surface area contributed by atoms with E-state index in [-0.39, 0.29) is 31.7 Å². The molecular weight excluding hydrogens is 530 g/mol. The molecule has 4 bridgehead atoms. The molecule has 6 atom stereocenters. The number of rotatable bonds is 1. The number of methoxy groups -OCH3 is 1. The van der Waals surface area contributed by atoms with Crippen LogP contribution in [0.5, 0.6) is 5.75 Å². The van der Waals surface area contributed by atoms with Crippen molar-refractivity contribution in [3.8, 4) is 5.75 Å². The summed E-state index contributed by atoms with van der Waals surface area (Å²) in [4.78, 5) is 42.9. The van der Waals surface area contributed by atoms with Gasteiger partial charge in [0, 0.05) is 31.6 Å². The van der Waals surface area contributed by atoms with Gasteiger partial charge in [0.1, 0.15) is 17.8 Å². The number of hydrogen-bond acceptors (Lipinski definition) is 9. The van der Waals surface area contributed by atoms with E-state index in [1.54, 1.807) is 0 Å². The van der Waals surface area contributed by atoms with Gasteiger partial charge >= 0.3 is 12.1 Å². The Balaban J connectivity index is 1.33. The lowest BCUT2D eigenvalue weighted by molar-refractivity contribution is -0.152. The molecule has 0 spiro atoms. The van der Waals surface area contributed by atoms with E-state index in [1.807, 2.05) is 32.9 Å². The number of cyclic esters (lactones) is 1. The fourth-order valence-corrected chi connectivity index (χ4v) is 5.68. The monoisotopic (exact) mass is 571 g/mol. The van der Waals surface area contributed by atoms with Crippen LogP contribution in [-0.2, 0) is 41.6 Å². The van der Waals surface area contributed by atoms with E-state index in [1.165, 1.54) is 17.6 Å². The van der Waals surface area contributed by atoms with E-state index in [2.05, 4.69) is 28.4 Å². The molecule has 1 aromatic carbocycles. The Labute approximate surface area is 241 Å². The first-order chi connectivity index (χ1) is 19.7. The van der Waals surface area contributed by atoms with Gasteiger partial charge in [-0.3, -0.25) is 9.69 Å². The van der Waals surface area contributed by atoms with Crippen molar-refractivity contribution >= 4 is 18.0 Å². The Bertz CT molecular complexity index is 1160. The Morgan fingerprint density at radius 2 is 1.85 bits per heavy atom. The molecule has 1 N–H and O–H groups in total. The van der Waals surface area contributed by atoms with Gasteiger partial charge in [0.05, 0.1) is 26.4 Å². The number of alkyl carbamates (subject to hydrolysis) is 1. The Hall–Kier alpha value is -3.15. The summed E-state index contributed by atoms with van der Waals surface area (Å²) >= 11 is 0.